The number of carboxylic acid groups (broad SMARTS) is 1. The molecule has 1 N–H and O–H groups in total. The molecule has 0 aliphatic carbocycles. The van der Waals surface area contributed by atoms with Crippen LogP contribution >= 0.6 is 11.3 Å². The van der Waals surface area contributed by atoms with E-state index in [2.05, 4.69) is 27.4 Å². The molecule has 3 heterocycles. The van der Waals surface area contributed by atoms with Gasteiger partial charge in [-0.1, -0.05) is 30.7 Å². The SMILES string of the molecule is O=C(O)C1CCCCN1C(c1ccccn1)c1csc2ccccc12. The summed E-state index contributed by atoms with van der Waals surface area (Å²) in [6, 6.07) is 13.6. The van der Waals surface area contributed by atoms with Crippen molar-refractivity contribution in [2.75, 3.05) is 6.54 Å². The van der Waals surface area contributed by atoms with Gasteiger partial charge in [-0.05, 0) is 53.9 Å². The summed E-state index contributed by atoms with van der Waals surface area (Å²) in [4.78, 5) is 18.6. The van der Waals surface area contributed by atoms with Gasteiger partial charge in [0.05, 0.1) is 11.7 Å². The van der Waals surface area contributed by atoms with E-state index in [9.17, 15) is 9.90 Å². The van der Waals surface area contributed by atoms with Crippen molar-refractivity contribution in [3.8, 4) is 0 Å². The van der Waals surface area contributed by atoms with Gasteiger partial charge >= 0.3 is 5.97 Å². The molecule has 0 amide bonds. The Hall–Kier alpha value is -2.24. The number of aromatic nitrogens is 1. The number of likely N-dealkylation sites (tertiary alicyclic amines) is 1. The van der Waals surface area contributed by atoms with Gasteiger partial charge in [-0.25, -0.2) is 0 Å². The number of aliphatic carboxylic acids is 1. The highest BCUT2D eigenvalue weighted by molar-refractivity contribution is 7.17. The second kappa shape index (κ2) is 6.94. The Kier molecular flexibility index (Phi) is 4.51. The van der Waals surface area contributed by atoms with Crippen LogP contribution in [0.25, 0.3) is 10.1 Å². The van der Waals surface area contributed by atoms with Gasteiger partial charge in [-0.3, -0.25) is 14.7 Å². The van der Waals surface area contributed by atoms with Crippen molar-refractivity contribution in [2.45, 2.75) is 31.3 Å². The predicted octanol–water partition coefficient (Wildman–Crippen LogP) is 4.32. The summed E-state index contributed by atoms with van der Waals surface area (Å²) >= 11 is 1.71. The van der Waals surface area contributed by atoms with Crippen molar-refractivity contribution >= 4 is 27.4 Å². The second-order valence-electron chi connectivity index (χ2n) is 6.43. The van der Waals surface area contributed by atoms with Crippen LogP contribution in [0.1, 0.15) is 36.6 Å². The minimum Gasteiger partial charge on any atom is -0.480 e. The van der Waals surface area contributed by atoms with E-state index < -0.39 is 12.0 Å². The largest absolute Gasteiger partial charge is 0.480 e. The lowest BCUT2D eigenvalue weighted by Crippen LogP contribution is -2.47. The van der Waals surface area contributed by atoms with Gasteiger partial charge in [-0.15, -0.1) is 11.3 Å². The third kappa shape index (κ3) is 3.05. The number of piperidine rings is 1. The molecule has 2 aromatic heterocycles. The van der Waals surface area contributed by atoms with E-state index in [-0.39, 0.29) is 6.04 Å². The smallest absolute Gasteiger partial charge is 0.320 e. The second-order valence-corrected chi connectivity index (χ2v) is 7.34. The average molecular weight is 352 g/mol. The first kappa shape index (κ1) is 16.2. The highest BCUT2D eigenvalue weighted by Gasteiger charge is 2.36. The summed E-state index contributed by atoms with van der Waals surface area (Å²) in [7, 11) is 0. The van der Waals surface area contributed by atoms with Crippen LogP contribution in [0.3, 0.4) is 0 Å². The molecule has 1 aromatic carbocycles. The average Bonchev–Trinajstić information content (AvgIpc) is 3.07. The third-order valence-corrected chi connectivity index (χ3v) is 5.92. The number of hydrogen-bond acceptors (Lipinski definition) is 4. The van der Waals surface area contributed by atoms with E-state index in [0.29, 0.717) is 6.42 Å². The molecule has 2 atom stereocenters. The third-order valence-electron chi connectivity index (χ3n) is 4.93. The summed E-state index contributed by atoms with van der Waals surface area (Å²) in [5.41, 5.74) is 2.08. The van der Waals surface area contributed by atoms with E-state index >= 15 is 0 Å². The Balaban J connectivity index is 1.86. The van der Waals surface area contributed by atoms with Gasteiger partial charge in [0, 0.05) is 10.9 Å². The zero-order valence-corrected chi connectivity index (χ0v) is 14.7. The Morgan fingerprint density at radius 2 is 2.04 bits per heavy atom. The molecule has 0 radical (unpaired) electrons. The number of benzene rings is 1. The van der Waals surface area contributed by atoms with Crippen molar-refractivity contribution < 1.29 is 9.90 Å². The molecular formula is C20H20N2O2S. The quantitative estimate of drug-likeness (QED) is 0.759. The summed E-state index contributed by atoms with van der Waals surface area (Å²) < 4.78 is 1.22. The van der Waals surface area contributed by atoms with Gasteiger partial charge in [0.1, 0.15) is 6.04 Å². The number of carbonyl (C=O) groups is 1. The molecule has 1 saturated heterocycles. The van der Waals surface area contributed by atoms with Crippen molar-refractivity contribution in [2.24, 2.45) is 0 Å². The van der Waals surface area contributed by atoms with Gasteiger partial charge in [0.2, 0.25) is 0 Å². The number of carboxylic acids is 1. The predicted molar refractivity (Wildman–Crippen MR) is 99.9 cm³/mol. The molecule has 2 unspecified atom stereocenters. The molecule has 4 rings (SSSR count). The summed E-state index contributed by atoms with van der Waals surface area (Å²) in [6.07, 6.45) is 4.47. The lowest BCUT2D eigenvalue weighted by Gasteiger charge is -2.38. The van der Waals surface area contributed by atoms with Crippen molar-refractivity contribution in [3.63, 3.8) is 0 Å². The maximum Gasteiger partial charge on any atom is 0.320 e. The lowest BCUT2D eigenvalue weighted by molar-refractivity contribution is -0.145. The zero-order valence-electron chi connectivity index (χ0n) is 13.8. The number of rotatable bonds is 4. The number of thiophene rings is 1. The van der Waals surface area contributed by atoms with Crippen LogP contribution in [0.15, 0.2) is 54.0 Å². The first-order valence-corrected chi connectivity index (χ1v) is 9.49. The van der Waals surface area contributed by atoms with Crippen LogP contribution in [0, 0.1) is 0 Å². The molecule has 3 aromatic rings. The van der Waals surface area contributed by atoms with Crippen LogP contribution in [-0.4, -0.2) is 33.5 Å². The molecule has 1 aliphatic heterocycles. The Morgan fingerprint density at radius 3 is 2.84 bits per heavy atom. The summed E-state index contributed by atoms with van der Waals surface area (Å²) in [5.74, 6) is -0.736. The van der Waals surface area contributed by atoms with Crippen LogP contribution in [-0.2, 0) is 4.79 Å². The van der Waals surface area contributed by atoms with Crippen LogP contribution in [0.5, 0.6) is 0 Å². The molecule has 4 nitrogen and oxygen atoms in total. The molecule has 25 heavy (non-hydrogen) atoms. The Bertz CT molecular complexity index is 878. The Labute approximate surface area is 150 Å². The van der Waals surface area contributed by atoms with Crippen molar-refractivity contribution in [1.82, 2.24) is 9.88 Å². The molecule has 0 saturated carbocycles. The summed E-state index contributed by atoms with van der Waals surface area (Å²) in [5, 5.41) is 13.1. The van der Waals surface area contributed by atoms with E-state index in [4.69, 9.17) is 0 Å². The van der Waals surface area contributed by atoms with Crippen LogP contribution in [0.2, 0.25) is 0 Å². The van der Waals surface area contributed by atoms with Gasteiger partial charge in [0.15, 0.2) is 0 Å². The van der Waals surface area contributed by atoms with Gasteiger partial charge < -0.3 is 5.11 Å². The Morgan fingerprint density at radius 1 is 1.20 bits per heavy atom. The molecule has 0 spiro atoms. The fraction of sp³-hybridized carbons (Fsp3) is 0.300. The van der Waals surface area contributed by atoms with E-state index in [1.165, 1.54) is 10.1 Å². The van der Waals surface area contributed by atoms with E-state index in [1.807, 2.05) is 30.3 Å². The monoisotopic (exact) mass is 352 g/mol. The van der Waals surface area contributed by atoms with Crippen molar-refractivity contribution in [1.29, 1.82) is 0 Å². The van der Waals surface area contributed by atoms with Gasteiger partial charge in [0.25, 0.3) is 0 Å². The molecule has 1 fully saturated rings. The maximum atomic E-state index is 11.9. The molecule has 1 aliphatic rings. The molecular weight excluding hydrogens is 332 g/mol. The topological polar surface area (TPSA) is 53.4 Å². The van der Waals surface area contributed by atoms with E-state index in [1.54, 1.807) is 17.5 Å². The number of fused-ring (bicyclic) bond motifs is 1. The maximum absolute atomic E-state index is 11.9. The summed E-state index contributed by atoms with van der Waals surface area (Å²) in [6.45, 7) is 0.780. The highest BCUT2D eigenvalue weighted by Crippen LogP contribution is 2.39. The van der Waals surface area contributed by atoms with E-state index in [0.717, 1.165) is 30.6 Å². The molecule has 5 heteroatoms. The fourth-order valence-corrected chi connectivity index (χ4v) is 4.76. The van der Waals surface area contributed by atoms with Gasteiger partial charge in [-0.2, -0.15) is 0 Å². The normalized spacial score (nSPS) is 19.8. The first-order chi connectivity index (χ1) is 12.3. The van der Waals surface area contributed by atoms with Crippen molar-refractivity contribution in [3.05, 3.63) is 65.3 Å². The highest BCUT2D eigenvalue weighted by atomic mass is 32.1. The number of pyridine rings is 1. The minimum atomic E-state index is -0.736. The molecule has 128 valence electrons. The fourth-order valence-electron chi connectivity index (χ4n) is 3.78. The number of hydrogen-bond donors (Lipinski definition) is 1. The number of nitrogens with zero attached hydrogens (tertiary/aromatic N) is 2. The molecule has 0 bridgehead atoms. The first-order valence-electron chi connectivity index (χ1n) is 8.61. The standard InChI is InChI=1S/C20H20N2O2S/c23-20(24)17-9-4-6-12-22(17)19(16-8-3-5-11-21-16)15-13-25-18-10-2-1-7-14(15)18/h1-3,5,7-8,10-11,13,17,19H,4,6,9,12H2,(H,23,24). The van der Waals surface area contributed by atoms with Crippen LogP contribution in [0.4, 0.5) is 0 Å². The zero-order chi connectivity index (χ0) is 17.2. The minimum absolute atomic E-state index is 0.126. The van der Waals surface area contributed by atoms with Crippen LogP contribution < -0.4 is 0 Å². The lowest BCUT2D eigenvalue weighted by atomic mass is 9.94.